The van der Waals surface area contributed by atoms with Gasteiger partial charge < -0.3 is 0 Å². The zero-order valence-electron chi connectivity index (χ0n) is 15.6. The second kappa shape index (κ2) is 8.11. The predicted octanol–water partition coefficient (Wildman–Crippen LogP) is 5.82. The molecule has 130 valence electrons. The smallest absolute Gasteiger partial charge is 0.0524 e. The maximum absolute atomic E-state index is 4.83. The highest BCUT2D eigenvalue weighted by Crippen LogP contribution is 2.49. The number of benzene rings is 2. The van der Waals surface area contributed by atoms with Gasteiger partial charge in [-0.1, -0.05) is 60.7 Å². The molecule has 1 nitrogen and oxygen atoms in total. The molecule has 1 aliphatic carbocycles. The number of hydrogen-bond donors (Lipinski definition) is 0. The van der Waals surface area contributed by atoms with E-state index in [4.69, 9.17) is 4.99 Å². The Kier molecular flexibility index (Phi) is 5.86. The first kappa shape index (κ1) is 18.1. The Morgan fingerprint density at radius 1 is 0.800 bits per heavy atom. The fourth-order valence-electron chi connectivity index (χ4n) is 3.19. The van der Waals surface area contributed by atoms with Gasteiger partial charge in [0.2, 0.25) is 0 Å². The molecule has 0 radical (unpaired) electrons. The van der Waals surface area contributed by atoms with Crippen molar-refractivity contribution in [3.63, 3.8) is 0 Å². The Morgan fingerprint density at radius 3 is 1.84 bits per heavy atom. The lowest BCUT2D eigenvalue weighted by Crippen LogP contribution is -2.16. The van der Waals surface area contributed by atoms with Crippen molar-refractivity contribution < 1.29 is 0 Å². The average Bonchev–Trinajstić information content (AvgIpc) is 2.62. The van der Waals surface area contributed by atoms with Crippen molar-refractivity contribution >= 4 is 24.7 Å². The second-order valence-electron chi connectivity index (χ2n) is 7.61. The molecule has 3 rings (SSSR count). The lowest BCUT2D eigenvalue weighted by Gasteiger charge is -2.28. The first-order valence-corrected chi connectivity index (χ1v) is 10.6. The van der Waals surface area contributed by atoms with E-state index in [1.165, 1.54) is 35.4 Å². The van der Waals surface area contributed by atoms with Crippen LogP contribution in [-0.2, 0) is 0 Å². The van der Waals surface area contributed by atoms with Gasteiger partial charge in [-0.2, -0.15) is 0 Å². The summed E-state index contributed by atoms with van der Waals surface area (Å²) in [5, 5.41) is 4.51. The normalized spacial score (nSPS) is 16.0. The minimum atomic E-state index is -0.467. The molecule has 0 aromatic heterocycles. The standard InChI is InChI=1S/C23H28NP/c1-23(2,3)24-18-19-12-10-11-17-22(19)25(20-13-6-4-7-14-20)21-15-8-5-9-16-21/h4-9,13-16,18H,10-12,17H2,1-3H3. The van der Waals surface area contributed by atoms with Crippen molar-refractivity contribution in [2.45, 2.75) is 52.0 Å². The van der Waals surface area contributed by atoms with E-state index in [9.17, 15) is 0 Å². The minimum absolute atomic E-state index is 0.0161. The van der Waals surface area contributed by atoms with E-state index >= 15 is 0 Å². The Morgan fingerprint density at radius 2 is 1.32 bits per heavy atom. The molecule has 0 atom stereocenters. The van der Waals surface area contributed by atoms with Crippen molar-refractivity contribution in [2.24, 2.45) is 4.99 Å². The van der Waals surface area contributed by atoms with Crippen LogP contribution in [0.3, 0.4) is 0 Å². The molecule has 0 fully saturated rings. The number of rotatable bonds is 4. The third-order valence-electron chi connectivity index (χ3n) is 4.39. The summed E-state index contributed by atoms with van der Waals surface area (Å²) < 4.78 is 0. The van der Waals surface area contributed by atoms with Crippen LogP contribution >= 0.6 is 7.92 Å². The lowest BCUT2D eigenvalue weighted by molar-refractivity contribution is 0.585. The fourth-order valence-corrected chi connectivity index (χ4v) is 5.89. The maximum atomic E-state index is 4.83. The molecule has 2 aromatic carbocycles. The summed E-state index contributed by atoms with van der Waals surface area (Å²) in [6.07, 6.45) is 7.10. The quantitative estimate of drug-likeness (QED) is 0.487. The van der Waals surface area contributed by atoms with E-state index in [1.807, 2.05) is 0 Å². The monoisotopic (exact) mass is 349 g/mol. The summed E-state index contributed by atoms with van der Waals surface area (Å²) in [5.74, 6) is 0. The molecular weight excluding hydrogens is 321 g/mol. The van der Waals surface area contributed by atoms with Gasteiger partial charge in [-0.25, -0.2) is 0 Å². The molecule has 0 amide bonds. The fraction of sp³-hybridized carbons (Fsp3) is 0.348. The van der Waals surface area contributed by atoms with Gasteiger partial charge in [0.1, 0.15) is 0 Å². The van der Waals surface area contributed by atoms with Gasteiger partial charge >= 0.3 is 0 Å². The SMILES string of the molecule is CC(C)(C)N=CC1=C(P(c2ccccc2)c2ccccc2)CCCC1. The summed E-state index contributed by atoms with van der Waals surface area (Å²) >= 11 is 0. The van der Waals surface area contributed by atoms with Gasteiger partial charge in [0.25, 0.3) is 0 Å². The van der Waals surface area contributed by atoms with Gasteiger partial charge in [0.05, 0.1) is 5.54 Å². The summed E-state index contributed by atoms with van der Waals surface area (Å²) in [6.45, 7) is 6.51. The zero-order valence-corrected chi connectivity index (χ0v) is 16.5. The highest BCUT2D eigenvalue weighted by atomic mass is 31.1. The van der Waals surface area contributed by atoms with Crippen LogP contribution < -0.4 is 10.6 Å². The highest BCUT2D eigenvalue weighted by Gasteiger charge is 2.23. The summed E-state index contributed by atoms with van der Waals surface area (Å²) in [6, 6.07) is 22.0. The second-order valence-corrected chi connectivity index (χ2v) is 9.86. The molecular formula is C23H28NP. The van der Waals surface area contributed by atoms with E-state index in [2.05, 4.69) is 87.6 Å². The van der Waals surface area contributed by atoms with Crippen LogP contribution in [0.15, 0.2) is 76.5 Å². The Balaban J connectivity index is 2.10. The van der Waals surface area contributed by atoms with Crippen LogP contribution in [0, 0.1) is 0 Å². The van der Waals surface area contributed by atoms with Gasteiger partial charge in [-0.3, -0.25) is 4.99 Å². The lowest BCUT2D eigenvalue weighted by atomic mass is 10.00. The Hall–Kier alpha value is -1.72. The highest BCUT2D eigenvalue weighted by molar-refractivity contribution is 7.76. The molecule has 0 saturated heterocycles. The topological polar surface area (TPSA) is 12.4 Å². The Bertz CT molecular complexity index is 699. The van der Waals surface area contributed by atoms with Crippen molar-refractivity contribution in [1.82, 2.24) is 0 Å². The molecule has 2 aromatic rings. The molecule has 0 bridgehead atoms. The summed E-state index contributed by atoms with van der Waals surface area (Å²) in [5.41, 5.74) is 1.46. The van der Waals surface area contributed by atoms with Gasteiger partial charge in [-0.15, -0.1) is 0 Å². The van der Waals surface area contributed by atoms with Crippen LogP contribution in [0.1, 0.15) is 46.5 Å². The summed E-state index contributed by atoms with van der Waals surface area (Å²) in [4.78, 5) is 4.83. The molecule has 0 spiro atoms. The van der Waals surface area contributed by atoms with Gasteiger partial charge in [-0.05, 0) is 75.9 Å². The molecule has 0 aliphatic heterocycles. The van der Waals surface area contributed by atoms with Gasteiger partial charge in [0.15, 0.2) is 0 Å². The maximum Gasteiger partial charge on any atom is 0.0524 e. The van der Waals surface area contributed by atoms with E-state index in [0.717, 1.165) is 6.42 Å². The molecule has 2 heteroatoms. The Labute approximate surface area is 153 Å². The molecule has 0 N–H and O–H groups in total. The first-order valence-electron chi connectivity index (χ1n) is 9.22. The van der Waals surface area contributed by atoms with Crippen molar-refractivity contribution in [2.75, 3.05) is 0 Å². The van der Waals surface area contributed by atoms with Crippen LogP contribution in [0.25, 0.3) is 0 Å². The van der Waals surface area contributed by atoms with E-state index in [1.54, 1.807) is 5.31 Å². The summed E-state index contributed by atoms with van der Waals surface area (Å²) in [7, 11) is -0.467. The van der Waals surface area contributed by atoms with Crippen molar-refractivity contribution in [3.05, 3.63) is 71.6 Å². The molecule has 0 heterocycles. The number of aliphatic imine (C=N–C) groups is 1. The predicted molar refractivity (Wildman–Crippen MR) is 113 cm³/mol. The minimum Gasteiger partial charge on any atom is -0.287 e. The van der Waals surface area contributed by atoms with Crippen LogP contribution in [0.4, 0.5) is 0 Å². The zero-order chi connectivity index (χ0) is 17.7. The van der Waals surface area contributed by atoms with E-state index < -0.39 is 7.92 Å². The molecule has 25 heavy (non-hydrogen) atoms. The van der Waals surface area contributed by atoms with Crippen molar-refractivity contribution in [1.29, 1.82) is 0 Å². The van der Waals surface area contributed by atoms with Crippen LogP contribution in [0.2, 0.25) is 0 Å². The van der Waals surface area contributed by atoms with Crippen LogP contribution in [-0.4, -0.2) is 11.8 Å². The number of nitrogens with zero attached hydrogens (tertiary/aromatic N) is 1. The molecule has 0 saturated carbocycles. The van der Waals surface area contributed by atoms with Gasteiger partial charge in [0, 0.05) is 6.21 Å². The third kappa shape index (κ3) is 4.89. The van der Waals surface area contributed by atoms with E-state index in [-0.39, 0.29) is 5.54 Å². The molecule has 1 aliphatic rings. The molecule has 0 unspecified atom stereocenters. The number of hydrogen-bond acceptors (Lipinski definition) is 1. The first-order chi connectivity index (χ1) is 12.0. The number of allylic oxidation sites excluding steroid dienone is 2. The van der Waals surface area contributed by atoms with Crippen molar-refractivity contribution in [3.8, 4) is 0 Å². The van der Waals surface area contributed by atoms with Crippen LogP contribution in [0.5, 0.6) is 0 Å². The average molecular weight is 349 g/mol. The largest absolute Gasteiger partial charge is 0.287 e. The third-order valence-corrected chi connectivity index (χ3v) is 7.07. The van der Waals surface area contributed by atoms with E-state index in [0.29, 0.717) is 0 Å².